The summed E-state index contributed by atoms with van der Waals surface area (Å²) in [6.45, 7) is 2.17. The summed E-state index contributed by atoms with van der Waals surface area (Å²) in [7, 11) is 0. The smallest absolute Gasteiger partial charge is 0.0151 e. The molecule has 0 aromatic heterocycles. The van der Waals surface area contributed by atoms with E-state index in [-0.39, 0.29) is 13.0 Å². The third-order valence-corrected chi connectivity index (χ3v) is 2.05. The maximum Gasteiger partial charge on any atom is 0.0151 e. The van der Waals surface area contributed by atoms with Gasteiger partial charge in [-0.3, -0.25) is 0 Å². The highest BCUT2D eigenvalue weighted by Crippen LogP contribution is 2.31. The topological polar surface area (TPSA) is 26.0 Å². The minimum atomic E-state index is 0. The molecule has 0 aromatic carbocycles. The number of hydrogen-bond donors (Lipinski definition) is 1. The molecule has 1 nitrogen and oxygen atoms in total. The molecule has 1 saturated carbocycles. The fourth-order valence-electron chi connectivity index (χ4n) is 0.984. The Hall–Kier alpha value is -0.0400. The van der Waals surface area contributed by atoms with E-state index in [1.165, 1.54) is 19.3 Å². The molecule has 0 aliphatic heterocycles. The van der Waals surface area contributed by atoms with Crippen molar-refractivity contribution in [3.8, 4) is 0 Å². The summed E-state index contributed by atoms with van der Waals surface area (Å²) >= 11 is 0. The van der Waals surface area contributed by atoms with Crippen molar-refractivity contribution in [2.45, 2.75) is 45.6 Å². The predicted octanol–water partition coefficient (Wildman–Crippen LogP) is 1.91. The molecular weight excluding hydrogens is 98.1 g/mol. The second-order valence-corrected chi connectivity index (χ2v) is 2.57. The van der Waals surface area contributed by atoms with Gasteiger partial charge in [-0.2, -0.15) is 0 Å². The lowest BCUT2D eigenvalue weighted by molar-refractivity contribution is 0.241. The summed E-state index contributed by atoms with van der Waals surface area (Å²) in [6.07, 6.45) is 5.02. The summed E-state index contributed by atoms with van der Waals surface area (Å²) in [4.78, 5) is 0. The molecule has 0 saturated heterocycles. The quantitative estimate of drug-likeness (QED) is 0.555. The normalized spacial score (nSPS) is 23.2. The first-order chi connectivity index (χ1) is 3.27. The maximum atomic E-state index is 5.80. The van der Waals surface area contributed by atoms with Gasteiger partial charge in [0.1, 0.15) is 0 Å². The van der Waals surface area contributed by atoms with Gasteiger partial charge in [-0.25, -0.2) is 0 Å². The summed E-state index contributed by atoms with van der Waals surface area (Å²) < 4.78 is 0. The fourth-order valence-corrected chi connectivity index (χ4v) is 0.984. The summed E-state index contributed by atoms with van der Waals surface area (Å²) in [5.41, 5.74) is 6.07. The lowest BCUT2D eigenvalue weighted by Crippen LogP contribution is -2.45. The van der Waals surface area contributed by atoms with Gasteiger partial charge in [0.2, 0.25) is 0 Å². The second kappa shape index (κ2) is 2.49. The Balaban J connectivity index is 0.000000490. The van der Waals surface area contributed by atoms with E-state index in [2.05, 4.69) is 6.92 Å². The van der Waals surface area contributed by atoms with E-state index in [4.69, 9.17) is 5.73 Å². The van der Waals surface area contributed by atoms with E-state index < -0.39 is 0 Å². The van der Waals surface area contributed by atoms with Crippen molar-refractivity contribution in [2.75, 3.05) is 0 Å². The van der Waals surface area contributed by atoms with Crippen LogP contribution in [-0.2, 0) is 0 Å². The maximum absolute atomic E-state index is 5.80. The van der Waals surface area contributed by atoms with Crippen LogP contribution in [0.15, 0.2) is 0 Å². The van der Waals surface area contributed by atoms with E-state index >= 15 is 0 Å². The lowest BCUT2D eigenvalue weighted by Gasteiger charge is -2.36. The Bertz CT molecular complexity index is 59.3. The van der Waals surface area contributed by atoms with Crippen molar-refractivity contribution in [1.29, 1.82) is 0 Å². The molecule has 0 radical (unpaired) electrons. The van der Waals surface area contributed by atoms with Crippen LogP contribution in [0, 0.1) is 0 Å². The zero-order valence-corrected chi connectivity index (χ0v) is 4.91. The van der Waals surface area contributed by atoms with Crippen molar-refractivity contribution < 1.29 is 0 Å². The Morgan fingerprint density at radius 3 is 2.00 bits per heavy atom. The SMILES string of the molecule is C.CCC1(N)CCC1. The molecule has 0 heterocycles. The van der Waals surface area contributed by atoms with Crippen LogP contribution in [0.5, 0.6) is 0 Å². The second-order valence-electron chi connectivity index (χ2n) is 2.57. The Morgan fingerprint density at radius 2 is 2.00 bits per heavy atom. The highest BCUT2D eigenvalue weighted by Gasteiger charge is 2.29. The third kappa shape index (κ3) is 1.22. The van der Waals surface area contributed by atoms with Crippen LogP contribution >= 0.6 is 0 Å². The molecule has 8 heavy (non-hydrogen) atoms. The molecule has 50 valence electrons. The number of rotatable bonds is 1. The van der Waals surface area contributed by atoms with Gasteiger partial charge < -0.3 is 5.73 Å². The van der Waals surface area contributed by atoms with Gasteiger partial charge in [-0.1, -0.05) is 14.4 Å². The molecule has 0 atom stereocenters. The first kappa shape index (κ1) is 7.96. The molecule has 1 fully saturated rings. The van der Waals surface area contributed by atoms with E-state index in [0.29, 0.717) is 0 Å². The highest BCUT2D eigenvalue weighted by molar-refractivity contribution is 4.90. The van der Waals surface area contributed by atoms with E-state index in [9.17, 15) is 0 Å². The van der Waals surface area contributed by atoms with Crippen molar-refractivity contribution in [3.05, 3.63) is 0 Å². The molecule has 0 aromatic rings. The van der Waals surface area contributed by atoms with Crippen LogP contribution in [0.2, 0.25) is 0 Å². The highest BCUT2D eigenvalue weighted by atomic mass is 14.8. The molecule has 0 unspecified atom stereocenters. The van der Waals surface area contributed by atoms with Crippen LogP contribution in [-0.4, -0.2) is 5.54 Å². The standard InChI is InChI=1S/C6H13N.CH4/c1-2-6(7)4-3-5-6;/h2-5,7H2,1H3;1H4. The first-order valence-electron chi connectivity index (χ1n) is 3.06. The molecule has 1 aliphatic rings. The van der Waals surface area contributed by atoms with Gasteiger partial charge in [-0.15, -0.1) is 0 Å². The molecule has 1 rings (SSSR count). The molecule has 0 spiro atoms. The van der Waals surface area contributed by atoms with Crippen molar-refractivity contribution in [2.24, 2.45) is 5.73 Å². The predicted molar refractivity (Wildman–Crippen MR) is 37.8 cm³/mol. The Morgan fingerprint density at radius 1 is 1.50 bits per heavy atom. The molecule has 1 aliphatic carbocycles. The van der Waals surface area contributed by atoms with Gasteiger partial charge in [-0.05, 0) is 25.7 Å². The molecule has 0 bridgehead atoms. The largest absolute Gasteiger partial charge is 0.325 e. The Labute approximate surface area is 52.3 Å². The summed E-state index contributed by atoms with van der Waals surface area (Å²) in [5.74, 6) is 0. The third-order valence-electron chi connectivity index (χ3n) is 2.05. The average Bonchev–Trinajstić information content (AvgIpc) is 1.61. The zero-order chi connectivity index (χ0) is 5.33. The van der Waals surface area contributed by atoms with E-state index in [1.807, 2.05) is 0 Å². The number of hydrogen-bond acceptors (Lipinski definition) is 1. The van der Waals surface area contributed by atoms with Crippen LogP contribution in [0.4, 0.5) is 0 Å². The monoisotopic (exact) mass is 115 g/mol. The van der Waals surface area contributed by atoms with Crippen LogP contribution in [0.25, 0.3) is 0 Å². The first-order valence-corrected chi connectivity index (χ1v) is 3.06. The Kier molecular flexibility index (Phi) is 2.48. The number of nitrogens with two attached hydrogens (primary N) is 1. The van der Waals surface area contributed by atoms with Crippen LogP contribution in [0.1, 0.15) is 40.0 Å². The van der Waals surface area contributed by atoms with Gasteiger partial charge in [0.05, 0.1) is 0 Å². The van der Waals surface area contributed by atoms with Crippen molar-refractivity contribution in [3.63, 3.8) is 0 Å². The van der Waals surface area contributed by atoms with Gasteiger partial charge in [0, 0.05) is 5.54 Å². The minimum Gasteiger partial charge on any atom is -0.325 e. The van der Waals surface area contributed by atoms with Gasteiger partial charge in [0.15, 0.2) is 0 Å². The van der Waals surface area contributed by atoms with E-state index in [1.54, 1.807) is 0 Å². The molecular formula is C7H17N. The van der Waals surface area contributed by atoms with Crippen molar-refractivity contribution >= 4 is 0 Å². The summed E-state index contributed by atoms with van der Waals surface area (Å²) in [6, 6.07) is 0. The average molecular weight is 115 g/mol. The van der Waals surface area contributed by atoms with Crippen LogP contribution in [0.3, 0.4) is 0 Å². The zero-order valence-electron chi connectivity index (χ0n) is 4.91. The van der Waals surface area contributed by atoms with E-state index in [0.717, 1.165) is 6.42 Å². The lowest BCUT2D eigenvalue weighted by atomic mass is 9.76. The molecule has 2 N–H and O–H groups in total. The van der Waals surface area contributed by atoms with Crippen molar-refractivity contribution in [1.82, 2.24) is 0 Å². The molecule has 1 heteroatoms. The fraction of sp³-hybridized carbons (Fsp3) is 1.00. The summed E-state index contributed by atoms with van der Waals surface area (Å²) in [5, 5.41) is 0. The van der Waals surface area contributed by atoms with Crippen LogP contribution < -0.4 is 5.73 Å². The van der Waals surface area contributed by atoms with Gasteiger partial charge >= 0.3 is 0 Å². The van der Waals surface area contributed by atoms with Gasteiger partial charge in [0.25, 0.3) is 0 Å². The molecule has 0 amide bonds. The minimum absolute atomic E-state index is 0.